The highest BCUT2D eigenvalue weighted by molar-refractivity contribution is 6.00. The lowest BCUT2D eigenvalue weighted by molar-refractivity contribution is 0.149. The second-order valence-corrected chi connectivity index (χ2v) is 5.91. The first kappa shape index (κ1) is 15.3. The van der Waals surface area contributed by atoms with Crippen molar-refractivity contribution in [2.24, 2.45) is 0 Å². The zero-order valence-corrected chi connectivity index (χ0v) is 13.8. The third kappa shape index (κ3) is 2.94. The Balaban J connectivity index is 1.62. The van der Waals surface area contributed by atoms with Gasteiger partial charge in [-0.15, -0.1) is 0 Å². The van der Waals surface area contributed by atoms with Gasteiger partial charge in [-0.3, -0.25) is 0 Å². The lowest BCUT2D eigenvalue weighted by atomic mass is 10.1. The van der Waals surface area contributed by atoms with E-state index in [1.807, 2.05) is 79.7 Å². The standard InChI is InChI=1S/C21H17NO3/c1-15-10-12-16(13-11-15)14-24-21(23)22-17-6-2-4-8-19(17)25-20-9-5-3-7-18(20)22/h2-13H,14H2,1H3. The lowest BCUT2D eigenvalue weighted by Crippen LogP contribution is -2.29. The number of rotatable bonds is 2. The average Bonchev–Trinajstić information content (AvgIpc) is 2.65. The number of carbonyl (C=O) groups excluding carboxylic acids is 1. The molecule has 0 bridgehead atoms. The minimum absolute atomic E-state index is 0.223. The van der Waals surface area contributed by atoms with Crippen molar-refractivity contribution in [2.75, 3.05) is 4.90 Å². The largest absolute Gasteiger partial charge is 0.453 e. The molecule has 4 rings (SSSR count). The summed E-state index contributed by atoms with van der Waals surface area (Å²) in [6.45, 7) is 2.25. The molecule has 0 N–H and O–H groups in total. The van der Waals surface area contributed by atoms with Crippen LogP contribution in [-0.2, 0) is 11.3 Å². The van der Waals surface area contributed by atoms with Crippen molar-refractivity contribution in [3.63, 3.8) is 0 Å². The highest BCUT2D eigenvalue weighted by atomic mass is 16.6. The van der Waals surface area contributed by atoms with Crippen LogP contribution in [0.25, 0.3) is 0 Å². The van der Waals surface area contributed by atoms with Crippen LogP contribution >= 0.6 is 0 Å². The Morgan fingerprint density at radius 2 is 1.44 bits per heavy atom. The van der Waals surface area contributed by atoms with Crippen molar-refractivity contribution in [3.05, 3.63) is 83.9 Å². The Hall–Kier alpha value is -3.27. The van der Waals surface area contributed by atoms with Crippen molar-refractivity contribution in [3.8, 4) is 11.5 Å². The van der Waals surface area contributed by atoms with E-state index < -0.39 is 6.09 Å². The maximum Gasteiger partial charge on any atom is 0.419 e. The Labute approximate surface area is 146 Å². The molecular weight excluding hydrogens is 314 g/mol. The van der Waals surface area contributed by atoms with Gasteiger partial charge in [-0.2, -0.15) is 0 Å². The van der Waals surface area contributed by atoms with Gasteiger partial charge in [-0.05, 0) is 36.8 Å². The number of ether oxygens (including phenoxy) is 2. The van der Waals surface area contributed by atoms with E-state index in [9.17, 15) is 4.79 Å². The molecule has 0 spiro atoms. The van der Waals surface area contributed by atoms with Gasteiger partial charge in [0, 0.05) is 0 Å². The maximum atomic E-state index is 12.8. The van der Waals surface area contributed by atoms with Crippen LogP contribution in [0.3, 0.4) is 0 Å². The Bertz CT molecular complexity index is 873. The van der Waals surface area contributed by atoms with Crippen molar-refractivity contribution >= 4 is 17.5 Å². The molecule has 0 radical (unpaired) electrons. The molecular formula is C21H17NO3. The van der Waals surface area contributed by atoms with Crippen LogP contribution in [-0.4, -0.2) is 6.09 Å². The average molecular weight is 331 g/mol. The fourth-order valence-corrected chi connectivity index (χ4v) is 2.80. The smallest absolute Gasteiger partial charge is 0.419 e. The van der Waals surface area contributed by atoms with Gasteiger partial charge in [-0.25, -0.2) is 9.69 Å². The van der Waals surface area contributed by atoms with E-state index in [0.29, 0.717) is 22.9 Å². The zero-order chi connectivity index (χ0) is 17.2. The predicted molar refractivity (Wildman–Crippen MR) is 96.5 cm³/mol. The SMILES string of the molecule is Cc1ccc(COC(=O)N2c3ccccc3Oc3ccccc32)cc1. The maximum absolute atomic E-state index is 12.8. The molecule has 25 heavy (non-hydrogen) atoms. The lowest BCUT2D eigenvalue weighted by Gasteiger charge is -2.30. The van der Waals surface area contributed by atoms with Crippen LogP contribution in [0, 0.1) is 6.92 Å². The normalized spacial score (nSPS) is 12.0. The number of nitrogens with zero attached hydrogens (tertiary/aromatic N) is 1. The summed E-state index contributed by atoms with van der Waals surface area (Å²) in [5, 5.41) is 0. The molecule has 0 aliphatic carbocycles. The molecule has 0 atom stereocenters. The van der Waals surface area contributed by atoms with E-state index in [-0.39, 0.29) is 6.61 Å². The number of amides is 1. The number of aryl methyl sites for hydroxylation is 1. The first-order chi connectivity index (χ1) is 12.2. The summed E-state index contributed by atoms with van der Waals surface area (Å²) >= 11 is 0. The molecule has 1 amide bonds. The van der Waals surface area contributed by atoms with Crippen molar-refractivity contribution < 1.29 is 14.3 Å². The topological polar surface area (TPSA) is 38.8 Å². The molecule has 124 valence electrons. The van der Waals surface area contributed by atoms with Crippen LogP contribution in [0.5, 0.6) is 11.5 Å². The van der Waals surface area contributed by atoms with Gasteiger partial charge < -0.3 is 9.47 Å². The van der Waals surface area contributed by atoms with E-state index in [2.05, 4.69) is 0 Å². The molecule has 3 aromatic carbocycles. The van der Waals surface area contributed by atoms with Gasteiger partial charge in [-0.1, -0.05) is 54.1 Å². The molecule has 1 aliphatic heterocycles. The number of hydrogen-bond donors (Lipinski definition) is 0. The van der Waals surface area contributed by atoms with Gasteiger partial charge >= 0.3 is 6.09 Å². The van der Waals surface area contributed by atoms with Gasteiger partial charge in [0.1, 0.15) is 6.61 Å². The molecule has 0 saturated carbocycles. The van der Waals surface area contributed by atoms with Crippen LogP contribution in [0.2, 0.25) is 0 Å². The van der Waals surface area contributed by atoms with Crippen LogP contribution < -0.4 is 9.64 Å². The van der Waals surface area contributed by atoms with E-state index in [0.717, 1.165) is 5.56 Å². The number of fused-ring (bicyclic) bond motifs is 2. The molecule has 0 unspecified atom stereocenters. The number of benzene rings is 3. The highest BCUT2D eigenvalue weighted by Crippen LogP contribution is 2.46. The zero-order valence-electron chi connectivity index (χ0n) is 13.8. The number of anilines is 2. The molecule has 1 aliphatic rings. The summed E-state index contributed by atoms with van der Waals surface area (Å²) in [7, 11) is 0. The van der Waals surface area contributed by atoms with E-state index in [1.165, 1.54) is 5.56 Å². The fraction of sp³-hybridized carbons (Fsp3) is 0.0952. The van der Waals surface area contributed by atoms with Gasteiger partial charge in [0.2, 0.25) is 0 Å². The Morgan fingerprint density at radius 3 is 2.04 bits per heavy atom. The van der Waals surface area contributed by atoms with E-state index in [1.54, 1.807) is 4.90 Å². The monoisotopic (exact) mass is 331 g/mol. The summed E-state index contributed by atoms with van der Waals surface area (Å²) in [5.74, 6) is 1.27. The molecule has 0 aromatic heterocycles. The van der Waals surface area contributed by atoms with Crippen LogP contribution in [0.1, 0.15) is 11.1 Å². The van der Waals surface area contributed by atoms with E-state index in [4.69, 9.17) is 9.47 Å². The van der Waals surface area contributed by atoms with Crippen molar-refractivity contribution in [1.82, 2.24) is 0 Å². The molecule has 4 nitrogen and oxygen atoms in total. The third-order valence-electron chi connectivity index (χ3n) is 4.10. The van der Waals surface area contributed by atoms with Crippen molar-refractivity contribution in [2.45, 2.75) is 13.5 Å². The number of para-hydroxylation sites is 4. The van der Waals surface area contributed by atoms with Gasteiger partial charge in [0.05, 0.1) is 11.4 Å². The minimum Gasteiger partial charge on any atom is -0.453 e. The summed E-state index contributed by atoms with van der Waals surface area (Å²) in [6, 6.07) is 22.8. The quantitative estimate of drug-likeness (QED) is 0.615. The molecule has 0 fully saturated rings. The summed E-state index contributed by atoms with van der Waals surface area (Å²) in [5.41, 5.74) is 3.48. The van der Waals surface area contributed by atoms with Gasteiger partial charge in [0.25, 0.3) is 0 Å². The summed E-state index contributed by atoms with van der Waals surface area (Å²) in [4.78, 5) is 14.4. The first-order valence-corrected chi connectivity index (χ1v) is 8.11. The van der Waals surface area contributed by atoms with E-state index >= 15 is 0 Å². The predicted octanol–water partition coefficient (Wildman–Crippen LogP) is 5.58. The summed E-state index contributed by atoms with van der Waals surface area (Å²) in [6.07, 6.45) is -0.427. The second-order valence-electron chi connectivity index (χ2n) is 5.91. The number of carbonyl (C=O) groups is 1. The molecule has 4 heteroatoms. The highest BCUT2D eigenvalue weighted by Gasteiger charge is 2.29. The molecule has 1 heterocycles. The van der Waals surface area contributed by atoms with Crippen LogP contribution in [0.15, 0.2) is 72.8 Å². The van der Waals surface area contributed by atoms with Crippen molar-refractivity contribution in [1.29, 1.82) is 0 Å². The van der Waals surface area contributed by atoms with Crippen LogP contribution in [0.4, 0.5) is 16.2 Å². The second kappa shape index (κ2) is 6.32. The Kier molecular flexibility index (Phi) is 3.86. The molecule has 3 aromatic rings. The first-order valence-electron chi connectivity index (χ1n) is 8.11. The molecule has 0 saturated heterocycles. The number of hydrogen-bond acceptors (Lipinski definition) is 3. The third-order valence-corrected chi connectivity index (χ3v) is 4.10. The summed E-state index contributed by atoms with van der Waals surface area (Å²) < 4.78 is 11.4. The Morgan fingerprint density at radius 1 is 0.880 bits per heavy atom. The van der Waals surface area contributed by atoms with Gasteiger partial charge in [0.15, 0.2) is 11.5 Å². The fourth-order valence-electron chi connectivity index (χ4n) is 2.80. The minimum atomic E-state index is -0.427.